The summed E-state index contributed by atoms with van der Waals surface area (Å²) in [4.78, 5) is 16.0. The number of amides is 1. The Balaban J connectivity index is 2.21. The topological polar surface area (TPSA) is 107 Å². The fourth-order valence-corrected chi connectivity index (χ4v) is 1.80. The number of nitrogens with zero attached hydrogens (tertiary/aromatic N) is 3. The van der Waals surface area contributed by atoms with E-state index in [9.17, 15) is 4.79 Å². The van der Waals surface area contributed by atoms with Crippen LogP contribution in [0.1, 0.15) is 10.4 Å². The Morgan fingerprint density at radius 2 is 2.15 bits per heavy atom. The van der Waals surface area contributed by atoms with E-state index in [0.717, 1.165) is 0 Å². The van der Waals surface area contributed by atoms with E-state index in [2.05, 4.69) is 20.8 Å². The standard InChI is InChI=1S/C11H13ClN6O2/c1-18-10(20-2)5-9(17-18)15-11(19)6-3-7(12)14-8(4-6)16-13/h3-5H,13H2,1-2H3,(H,14,16)(H,15,17,19). The van der Waals surface area contributed by atoms with Gasteiger partial charge in [-0.15, -0.1) is 0 Å². The molecular formula is C11H13ClN6O2. The van der Waals surface area contributed by atoms with Crippen molar-refractivity contribution in [2.45, 2.75) is 0 Å². The van der Waals surface area contributed by atoms with E-state index in [1.54, 1.807) is 13.1 Å². The Labute approximate surface area is 119 Å². The lowest BCUT2D eigenvalue weighted by Gasteiger charge is -2.05. The van der Waals surface area contributed by atoms with Crippen LogP contribution in [0.3, 0.4) is 0 Å². The smallest absolute Gasteiger partial charge is 0.257 e. The highest BCUT2D eigenvalue weighted by Gasteiger charge is 2.12. The molecule has 0 saturated carbocycles. The number of aryl methyl sites for hydroxylation is 1. The van der Waals surface area contributed by atoms with Crippen LogP contribution in [0.2, 0.25) is 5.15 Å². The van der Waals surface area contributed by atoms with Crippen molar-refractivity contribution in [3.05, 3.63) is 28.9 Å². The van der Waals surface area contributed by atoms with Crippen LogP contribution in [0.5, 0.6) is 5.88 Å². The Bertz CT molecular complexity index is 642. The third kappa shape index (κ3) is 2.98. The third-order valence-electron chi connectivity index (χ3n) is 2.49. The molecule has 9 heteroatoms. The SMILES string of the molecule is COc1cc(NC(=O)c2cc(Cl)nc(NN)c2)nn1C. The summed E-state index contributed by atoms with van der Waals surface area (Å²) in [5.74, 6) is 6.05. The summed E-state index contributed by atoms with van der Waals surface area (Å²) in [7, 11) is 3.22. The molecule has 0 unspecified atom stereocenters. The number of carbonyl (C=O) groups is 1. The van der Waals surface area contributed by atoms with Gasteiger partial charge in [0.2, 0.25) is 5.88 Å². The molecule has 2 heterocycles. The largest absolute Gasteiger partial charge is 0.481 e. The predicted octanol–water partition coefficient (Wildman–Crippen LogP) is 1.01. The molecule has 0 saturated heterocycles. The summed E-state index contributed by atoms with van der Waals surface area (Å²) < 4.78 is 6.56. The van der Waals surface area contributed by atoms with Gasteiger partial charge in [0.1, 0.15) is 11.0 Å². The second-order valence-electron chi connectivity index (χ2n) is 3.86. The summed E-state index contributed by atoms with van der Waals surface area (Å²) >= 11 is 5.80. The summed E-state index contributed by atoms with van der Waals surface area (Å²) in [5.41, 5.74) is 2.64. The minimum atomic E-state index is -0.383. The van der Waals surface area contributed by atoms with E-state index < -0.39 is 0 Å². The van der Waals surface area contributed by atoms with Crippen LogP contribution in [0.15, 0.2) is 18.2 Å². The molecular weight excluding hydrogens is 284 g/mol. The molecule has 1 amide bonds. The number of aromatic nitrogens is 3. The molecule has 2 aromatic rings. The maximum atomic E-state index is 12.1. The van der Waals surface area contributed by atoms with Crippen LogP contribution in [-0.4, -0.2) is 27.8 Å². The first-order valence-electron chi connectivity index (χ1n) is 5.57. The first-order valence-corrected chi connectivity index (χ1v) is 5.95. The normalized spacial score (nSPS) is 10.2. The minimum Gasteiger partial charge on any atom is -0.481 e. The first-order chi connectivity index (χ1) is 9.53. The van der Waals surface area contributed by atoms with Crippen molar-refractivity contribution in [2.75, 3.05) is 17.9 Å². The second-order valence-corrected chi connectivity index (χ2v) is 4.25. The highest BCUT2D eigenvalue weighted by molar-refractivity contribution is 6.30. The van der Waals surface area contributed by atoms with Gasteiger partial charge in [-0.25, -0.2) is 15.5 Å². The average molecular weight is 297 g/mol. The minimum absolute atomic E-state index is 0.157. The van der Waals surface area contributed by atoms with E-state index in [4.69, 9.17) is 22.2 Å². The quantitative estimate of drug-likeness (QED) is 0.442. The number of anilines is 2. The monoisotopic (exact) mass is 296 g/mol. The zero-order valence-electron chi connectivity index (χ0n) is 10.8. The molecule has 106 valence electrons. The van der Waals surface area contributed by atoms with E-state index in [1.807, 2.05) is 0 Å². The van der Waals surface area contributed by atoms with Gasteiger partial charge < -0.3 is 15.5 Å². The molecule has 0 bridgehead atoms. The molecule has 2 aromatic heterocycles. The van der Waals surface area contributed by atoms with Crippen LogP contribution < -0.4 is 21.3 Å². The van der Waals surface area contributed by atoms with E-state index in [-0.39, 0.29) is 11.1 Å². The Kier molecular flexibility index (Phi) is 4.06. The van der Waals surface area contributed by atoms with Crippen molar-refractivity contribution in [1.82, 2.24) is 14.8 Å². The van der Waals surface area contributed by atoms with Gasteiger partial charge in [0.15, 0.2) is 5.82 Å². The second kappa shape index (κ2) is 5.76. The van der Waals surface area contributed by atoms with Crippen molar-refractivity contribution >= 4 is 29.1 Å². The zero-order chi connectivity index (χ0) is 14.7. The predicted molar refractivity (Wildman–Crippen MR) is 74.8 cm³/mol. The fraction of sp³-hybridized carbons (Fsp3) is 0.182. The highest BCUT2D eigenvalue weighted by Crippen LogP contribution is 2.18. The van der Waals surface area contributed by atoms with Crippen molar-refractivity contribution < 1.29 is 9.53 Å². The van der Waals surface area contributed by atoms with Gasteiger partial charge in [0.05, 0.1) is 7.11 Å². The summed E-state index contributed by atoms with van der Waals surface area (Å²) in [6.07, 6.45) is 0. The Hall–Kier alpha value is -2.32. The third-order valence-corrected chi connectivity index (χ3v) is 2.69. The number of hydrogen-bond donors (Lipinski definition) is 3. The number of nitrogen functional groups attached to an aromatic ring is 1. The maximum absolute atomic E-state index is 12.1. The summed E-state index contributed by atoms with van der Waals surface area (Å²) in [6.45, 7) is 0. The number of ether oxygens (including phenoxy) is 1. The molecule has 2 rings (SSSR count). The molecule has 0 aliphatic rings. The number of pyridine rings is 1. The number of hydrazine groups is 1. The molecule has 0 aliphatic heterocycles. The molecule has 20 heavy (non-hydrogen) atoms. The maximum Gasteiger partial charge on any atom is 0.257 e. The molecule has 0 radical (unpaired) electrons. The lowest BCUT2D eigenvalue weighted by molar-refractivity contribution is 0.102. The zero-order valence-corrected chi connectivity index (χ0v) is 11.6. The van der Waals surface area contributed by atoms with Crippen LogP contribution in [0.4, 0.5) is 11.6 Å². The number of carbonyl (C=O) groups excluding carboxylic acids is 1. The number of nitrogens with two attached hydrogens (primary N) is 1. The highest BCUT2D eigenvalue weighted by atomic mass is 35.5. The van der Waals surface area contributed by atoms with Crippen LogP contribution in [-0.2, 0) is 7.05 Å². The molecule has 0 fully saturated rings. The molecule has 0 aliphatic carbocycles. The molecule has 0 atom stereocenters. The van der Waals surface area contributed by atoms with E-state index >= 15 is 0 Å². The summed E-state index contributed by atoms with van der Waals surface area (Å²) in [5, 5.41) is 6.87. The Morgan fingerprint density at radius 1 is 1.40 bits per heavy atom. The lowest BCUT2D eigenvalue weighted by Crippen LogP contribution is -2.15. The van der Waals surface area contributed by atoms with Crippen LogP contribution in [0, 0.1) is 0 Å². The van der Waals surface area contributed by atoms with Crippen LogP contribution >= 0.6 is 11.6 Å². The number of nitrogens with one attached hydrogen (secondary N) is 2. The van der Waals surface area contributed by atoms with Gasteiger partial charge >= 0.3 is 0 Å². The number of rotatable bonds is 4. The van der Waals surface area contributed by atoms with Gasteiger partial charge in [-0.1, -0.05) is 11.6 Å². The number of methoxy groups -OCH3 is 1. The lowest BCUT2D eigenvalue weighted by atomic mass is 10.2. The van der Waals surface area contributed by atoms with Crippen molar-refractivity contribution in [3.8, 4) is 5.88 Å². The Morgan fingerprint density at radius 3 is 2.75 bits per heavy atom. The van der Waals surface area contributed by atoms with Crippen molar-refractivity contribution in [1.29, 1.82) is 0 Å². The van der Waals surface area contributed by atoms with Crippen molar-refractivity contribution in [3.63, 3.8) is 0 Å². The van der Waals surface area contributed by atoms with Gasteiger partial charge in [0, 0.05) is 18.7 Å². The molecule has 0 aromatic carbocycles. The van der Waals surface area contributed by atoms with Crippen molar-refractivity contribution in [2.24, 2.45) is 12.9 Å². The van der Waals surface area contributed by atoms with Crippen LogP contribution in [0.25, 0.3) is 0 Å². The van der Waals surface area contributed by atoms with E-state index in [1.165, 1.54) is 23.9 Å². The van der Waals surface area contributed by atoms with Gasteiger partial charge in [0.25, 0.3) is 5.91 Å². The van der Waals surface area contributed by atoms with Gasteiger partial charge in [-0.3, -0.25) is 4.79 Å². The van der Waals surface area contributed by atoms with Gasteiger partial charge in [-0.2, -0.15) is 5.10 Å². The molecule has 8 nitrogen and oxygen atoms in total. The summed E-state index contributed by atoms with van der Waals surface area (Å²) in [6, 6.07) is 4.50. The fourth-order valence-electron chi connectivity index (χ4n) is 1.59. The number of halogens is 1. The first kappa shape index (κ1) is 14.1. The molecule has 4 N–H and O–H groups in total. The number of hydrogen-bond acceptors (Lipinski definition) is 6. The van der Waals surface area contributed by atoms with Gasteiger partial charge in [-0.05, 0) is 12.1 Å². The molecule has 0 spiro atoms. The van der Waals surface area contributed by atoms with E-state index in [0.29, 0.717) is 23.1 Å². The average Bonchev–Trinajstić information content (AvgIpc) is 2.77.